The molecule has 3 rings (SSSR count). The van der Waals surface area contributed by atoms with E-state index in [1.54, 1.807) is 19.4 Å². The predicted octanol–water partition coefficient (Wildman–Crippen LogP) is 3.53. The van der Waals surface area contributed by atoms with Crippen LogP contribution in [0.15, 0.2) is 41.0 Å². The smallest absolute Gasteiger partial charge is 0.188 e. The van der Waals surface area contributed by atoms with Crippen molar-refractivity contribution in [2.45, 2.75) is 12.2 Å². The van der Waals surface area contributed by atoms with Crippen LogP contribution in [-0.4, -0.2) is 32.1 Å². The summed E-state index contributed by atoms with van der Waals surface area (Å²) in [6, 6.07) is 11.5. The molecule has 1 unspecified atom stereocenters. The highest BCUT2D eigenvalue weighted by Crippen LogP contribution is 2.37. The molecule has 0 spiro atoms. The first-order valence-corrected chi connectivity index (χ1v) is 8.52. The summed E-state index contributed by atoms with van der Waals surface area (Å²) in [5.41, 5.74) is 2.05. The highest BCUT2D eigenvalue weighted by Gasteiger charge is 2.28. The van der Waals surface area contributed by atoms with E-state index in [2.05, 4.69) is 27.0 Å². The van der Waals surface area contributed by atoms with E-state index < -0.39 is 12.2 Å². The van der Waals surface area contributed by atoms with Crippen molar-refractivity contribution in [3.8, 4) is 11.8 Å². The second kappa shape index (κ2) is 8.41. The van der Waals surface area contributed by atoms with E-state index in [0.29, 0.717) is 30.2 Å². The zero-order chi connectivity index (χ0) is 17.6. The number of nitrogens with zero attached hydrogens (tertiary/aromatic N) is 2. The Balaban J connectivity index is 2.04. The Morgan fingerprint density at radius 1 is 1.36 bits per heavy atom. The number of methoxy groups -OCH3 is 1. The van der Waals surface area contributed by atoms with Gasteiger partial charge in [0, 0.05) is 28.9 Å². The van der Waals surface area contributed by atoms with Crippen molar-refractivity contribution >= 4 is 15.9 Å². The predicted molar refractivity (Wildman–Crippen MR) is 93.0 cm³/mol. The van der Waals surface area contributed by atoms with E-state index in [-0.39, 0.29) is 6.79 Å². The first kappa shape index (κ1) is 17.8. The van der Waals surface area contributed by atoms with Crippen molar-refractivity contribution in [2.24, 2.45) is 0 Å². The molecule has 1 aromatic heterocycles. The van der Waals surface area contributed by atoms with Crippen LogP contribution < -0.4 is 4.74 Å². The summed E-state index contributed by atoms with van der Waals surface area (Å²) in [7, 11) is 1.55. The minimum absolute atomic E-state index is 0.0940. The lowest BCUT2D eigenvalue weighted by Gasteiger charge is -2.19. The van der Waals surface area contributed by atoms with Crippen LogP contribution in [0, 0.1) is 11.3 Å². The van der Waals surface area contributed by atoms with E-state index in [1.807, 2.05) is 24.3 Å². The van der Waals surface area contributed by atoms with Crippen molar-refractivity contribution in [1.82, 2.24) is 4.98 Å². The fraction of sp³-hybridized carbons (Fsp3) is 0.333. The van der Waals surface area contributed by atoms with Crippen LogP contribution in [0.4, 0.5) is 0 Å². The first-order chi connectivity index (χ1) is 12.2. The van der Waals surface area contributed by atoms with Crippen LogP contribution in [0.3, 0.4) is 0 Å². The zero-order valence-electron chi connectivity index (χ0n) is 13.6. The van der Waals surface area contributed by atoms with Crippen LogP contribution in [-0.2, 0) is 14.2 Å². The van der Waals surface area contributed by atoms with Gasteiger partial charge in [-0.25, -0.2) is 0 Å². The van der Waals surface area contributed by atoms with Gasteiger partial charge < -0.3 is 18.9 Å². The van der Waals surface area contributed by atoms with Crippen molar-refractivity contribution in [3.63, 3.8) is 0 Å². The van der Waals surface area contributed by atoms with Crippen molar-refractivity contribution in [2.75, 3.05) is 27.1 Å². The third-order valence-electron chi connectivity index (χ3n) is 3.76. The molecule has 6 nitrogen and oxygen atoms in total. The summed E-state index contributed by atoms with van der Waals surface area (Å²) in [5.74, 6) is -0.0604. The van der Waals surface area contributed by atoms with Gasteiger partial charge in [-0.1, -0.05) is 22.0 Å². The van der Waals surface area contributed by atoms with Gasteiger partial charge in [0.1, 0.15) is 11.7 Å². The Labute approximate surface area is 154 Å². The second-order valence-electron chi connectivity index (χ2n) is 5.35. The van der Waals surface area contributed by atoms with E-state index in [9.17, 15) is 5.26 Å². The number of rotatable bonds is 6. The molecular formula is C18H17BrN2O4. The summed E-state index contributed by atoms with van der Waals surface area (Å²) in [5, 5.41) is 9.87. The van der Waals surface area contributed by atoms with Crippen LogP contribution in [0.2, 0.25) is 0 Å². The molecule has 0 aliphatic carbocycles. The topological polar surface area (TPSA) is 73.6 Å². The van der Waals surface area contributed by atoms with Gasteiger partial charge in [-0.05, 0) is 24.3 Å². The summed E-state index contributed by atoms with van der Waals surface area (Å²) >= 11 is 3.45. The van der Waals surface area contributed by atoms with Gasteiger partial charge in [0.25, 0.3) is 0 Å². The van der Waals surface area contributed by atoms with Gasteiger partial charge in [-0.3, -0.25) is 4.98 Å². The lowest BCUT2D eigenvalue weighted by atomic mass is 9.92. The van der Waals surface area contributed by atoms with Gasteiger partial charge >= 0.3 is 0 Å². The minimum Gasteiger partial charge on any atom is -0.467 e. The maximum absolute atomic E-state index is 9.87. The number of hydrogen-bond donors (Lipinski definition) is 0. The van der Waals surface area contributed by atoms with Crippen LogP contribution in [0.25, 0.3) is 0 Å². The number of aromatic nitrogens is 1. The fourth-order valence-electron chi connectivity index (χ4n) is 2.69. The molecule has 1 aliphatic rings. The molecule has 1 atom stereocenters. The van der Waals surface area contributed by atoms with Crippen LogP contribution in [0.1, 0.15) is 29.0 Å². The Hall–Kier alpha value is -1.98. The standard InChI is InChI=1S/C18H17BrN2O4/c1-22-11-25-16-5-4-12(19)9-14(16)15(10-20)17-13(3-2-6-21-17)18-23-7-8-24-18/h2-6,9,15,18H,7-8,11H2,1H3. The Kier molecular flexibility index (Phi) is 6.00. The van der Waals surface area contributed by atoms with Crippen molar-refractivity contribution in [3.05, 3.63) is 57.8 Å². The number of halogens is 1. The summed E-state index contributed by atoms with van der Waals surface area (Å²) in [6.45, 7) is 1.14. The molecule has 2 aromatic rings. The minimum atomic E-state index is -0.631. The van der Waals surface area contributed by atoms with Gasteiger partial charge in [0.05, 0.1) is 25.0 Å². The summed E-state index contributed by atoms with van der Waals surface area (Å²) in [6.07, 6.45) is 1.15. The largest absolute Gasteiger partial charge is 0.467 e. The van der Waals surface area contributed by atoms with Gasteiger partial charge in [-0.15, -0.1) is 0 Å². The number of benzene rings is 1. The number of nitriles is 1. The molecule has 2 heterocycles. The van der Waals surface area contributed by atoms with Crippen molar-refractivity contribution in [1.29, 1.82) is 5.26 Å². The maximum atomic E-state index is 9.87. The van der Waals surface area contributed by atoms with Crippen LogP contribution in [0.5, 0.6) is 5.75 Å². The molecule has 0 saturated carbocycles. The molecule has 1 aromatic carbocycles. The maximum Gasteiger partial charge on any atom is 0.188 e. The Morgan fingerprint density at radius 3 is 2.88 bits per heavy atom. The fourth-order valence-corrected chi connectivity index (χ4v) is 3.06. The molecule has 130 valence electrons. The monoisotopic (exact) mass is 404 g/mol. The number of hydrogen-bond acceptors (Lipinski definition) is 6. The molecule has 1 aliphatic heterocycles. The first-order valence-electron chi connectivity index (χ1n) is 7.73. The summed E-state index contributed by atoms with van der Waals surface area (Å²) in [4.78, 5) is 4.44. The molecule has 25 heavy (non-hydrogen) atoms. The van der Waals surface area contributed by atoms with Crippen molar-refractivity contribution < 1.29 is 18.9 Å². The molecule has 7 heteroatoms. The molecule has 0 radical (unpaired) electrons. The quantitative estimate of drug-likeness (QED) is 0.685. The van der Waals surface area contributed by atoms with E-state index >= 15 is 0 Å². The number of ether oxygens (including phenoxy) is 4. The van der Waals surface area contributed by atoms with Gasteiger partial charge in [0.15, 0.2) is 13.1 Å². The van der Waals surface area contributed by atoms with E-state index in [4.69, 9.17) is 18.9 Å². The molecule has 0 amide bonds. The molecule has 0 bridgehead atoms. The second-order valence-corrected chi connectivity index (χ2v) is 6.26. The van der Waals surface area contributed by atoms with Gasteiger partial charge in [-0.2, -0.15) is 5.26 Å². The zero-order valence-corrected chi connectivity index (χ0v) is 15.2. The highest BCUT2D eigenvalue weighted by molar-refractivity contribution is 9.10. The van der Waals surface area contributed by atoms with Crippen LogP contribution >= 0.6 is 15.9 Å². The third-order valence-corrected chi connectivity index (χ3v) is 4.26. The Morgan fingerprint density at radius 2 is 2.16 bits per heavy atom. The average Bonchev–Trinajstić information content (AvgIpc) is 3.17. The highest BCUT2D eigenvalue weighted by atomic mass is 79.9. The molecule has 0 N–H and O–H groups in total. The molecule has 1 saturated heterocycles. The Bertz CT molecular complexity index is 772. The SMILES string of the molecule is COCOc1ccc(Br)cc1C(C#N)c1ncccc1C1OCCO1. The number of pyridine rings is 1. The van der Waals surface area contributed by atoms with E-state index in [1.165, 1.54) is 0 Å². The van der Waals surface area contributed by atoms with Gasteiger partial charge in [0.2, 0.25) is 0 Å². The third kappa shape index (κ3) is 3.99. The normalized spacial score (nSPS) is 15.7. The lowest BCUT2D eigenvalue weighted by molar-refractivity contribution is -0.0450. The lowest BCUT2D eigenvalue weighted by Crippen LogP contribution is -2.11. The average molecular weight is 405 g/mol. The summed E-state index contributed by atoms with van der Waals surface area (Å²) < 4.78 is 22.6. The molecule has 1 fully saturated rings. The molecular weight excluding hydrogens is 388 g/mol. The van der Waals surface area contributed by atoms with E-state index in [0.717, 1.165) is 10.0 Å².